The first-order valence-electron chi connectivity index (χ1n) is 7.43. The fraction of sp³-hybridized carbons (Fsp3) is 0.111. The summed E-state index contributed by atoms with van der Waals surface area (Å²) in [5.74, 6) is -0.421. The first-order chi connectivity index (χ1) is 11.5. The zero-order valence-corrected chi connectivity index (χ0v) is 13.4. The van der Waals surface area contributed by atoms with Crippen LogP contribution in [0.3, 0.4) is 0 Å². The molecule has 0 atom stereocenters. The molecule has 2 N–H and O–H groups in total. The van der Waals surface area contributed by atoms with Gasteiger partial charge in [0.2, 0.25) is 0 Å². The van der Waals surface area contributed by atoms with E-state index < -0.39 is 11.8 Å². The molecule has 0 aliphatic heterocycles. The van der Waals surface area contributed by atoms with Crippen LogP contribution in [0.5, 0.6) is 0 Å². The van der Waals surface area contributed by atoms with Gasteiger partial charge in [-0.1, -0.05) is 12.1 Å². The zero-order chi connectivity index (χ0) is 17.1. The monoisotopic (exact) mass is 324 g/mol. The van der Waals surface area contributed by atoms with E-state index in [2.05, 4.69) is 15.6 Å². The fourth-order valence-electron chi connectivity index (χ4n) is 2.38. The second-order valence-electron chi connectivity index (χ2n) is 5.51. The van der Waals surface area contributed by atoms with E-state index in [-0.39, 0.29) is 5.52 Å². The zero-order valence-electron chi connectivity index (χ0n) is 13.4. The van der Waals surface area contributed by atoms with Crippen LogP contribution in [0.25, 0.3) is 10.9 Å². The maximum absolute atomic E-state index is 13.8. The van der Waals surface area contributed by atoms with Crippen molar-refractivity contribution in [3.8, 4) is 0 Å². The normalized spacial score (nSPS) is 10.5. The molecule has 0 saturated carbocycles. The Labute approximate surface area is 139 Å². The highest BCUT2D eigenvalue weighted by atomic mass is 19.1. The van der Waals surface area contributed by atoms with E-state index in [9.17, 15) is 9.18 Å². The van der Waals surface area contributed by atoms with Gasteiger partial charge >= 0.3 is 6.03 Å². The number of hydrogen-bond donors (Lipinski definition) is 2. The molecule has 0 spiro atoms. The Morgan fingerprint density at radius 2 is 1.79 bits per heavy atom. The summed E-state index contributed by atoms with van der Waals surface area (Å²) >= 11 is 0. The summed E-state index contributed by atoms with van der Waals surface area (Å²) in [6.07, 6.45) is 1.47. The molecule has 2 aromatic carbocycles. The minimum atomic E-state index is -0.421. The fourth-order valence-corrected chi connectivity index (χ4v) is 2.38. The van der Waals surface area contributed by atoms with Gasteiger partial charge in [-0.2, -0.15) is 0 Å². The van der Waals surface area contributed by atoms with Crippen LogP contribution in [0, 0.1) is 5.82 Å². The van der Waals surface area contributed by atoms with Crippen molar-refractivity contribution in [1.29, 1.82) is 0 Å². The highest BCUT2D eigenvalue weighted by molar-refractivity contribution is 6.05. The summed E-state index contributed by atoms with van der Waals surface area (Å²) < 4.78 is 13.8. The topological polar surface area (TPSA) is 57.3 Å². The Bertz CT molecular complexity index is 878. The lowest BCUT2D eigenvalue weighted by Gasteiger charge is -2.13. The summed E-state index contributed by atoms with van der Waals surface area (Å²) in [6, 6.07) is 13.3. The maximum Gasteiger partial charge on any atom is 0.323 e. The predicted octanol–water partition coefficient (Wildman–Crippen LogP) is 4.08. The summed E-state index contributed by atoms with van der Waals surface area (Å²) in [4.78, 5) is 18.2. The van der Waals surface area contributed by atoms with Crippen molar-refractivity contribution in [2.75, 3.05) is 29.6 Å². The highest BCUT2D eigenvalue weighted by Crippen LogP contribution is 2.23. The number of amides is 2. The first-order valence-corrected chi connectivity index (χ1v) is 7.43. The van der Waals surface area contributed by atoms with Crippen LogP contribution < -0.4 is 15.5 Å². The molecule has 6 heteroatoms. The summed E-state index contributed by atoms with van der Waals surface area (Å²) in [7, 11) is 3.89. The number of pyridine rings is 1. The van der Waals surface area contributed by atoms with Crippen LogP contribution in [-0.4, -0.2) is 25.1 Å². The standard InChI is InChI=1S/C18H17FN4O/c1-23(2)13-8-6-12(7-9-13)21-18(24)22-16-10-11-20-17-14(16)4-3-5-15(17)19/h3-11H,1-2H3,(H2,20,21,22,24). The van der Waals surface area contributed by atoms with Crippen molar-refractivity contribution >= 4 is 34.0 Å². The number of aromatic nitrogens is 1. The van der Waals surface area contributed by atoms with E-state index in [1.807, 2.05) is 43.3 Å². The Hall–Kier alpha value is -3.15. The quantitative estimate of drug-likeness (QED) is 0.763. The van der Waals surface area contributed by atoms with Gasteiger partial charge in [0, 0.05) is 37.1 Å². The molecule has 3 aromatic rings. The minimum absolute atomic E-state index is 0.227. The largest absolute Gasteiger partial charge is 0.378 e. The third-order valence-electron chi connectivity index (χ3n) is 3.61. The van der Waals surface area contributed by atoms with Crippen molar-refractivity contribution in [3.05, 3.63) is 60.5 Å². The number of carbonyl (C=O) groups is 1. The lowest BCUT2D eigenvalue weighted by molar-refractivity contribution is 0.262. The molecule has 3 rings (SSSR count). The van der Waals surface area contributed by atoms with Crippen molar-refractivity contribution < 1.29 is 9.18 Å². The number of para-hydroxylation sites is 1. The average molecular weight is 324 g/mol. The highest BCUT2D eigenvalue weighted by Gasteiger charge is 2.09. The van der Waals surface area contributed by atoms with E-state index in [1.54, 1.807) is 18.2 Å². The van der Waals surface area contributed by atoms with Gasteiger partial charge in [0.05, 0.1) is 5.69 Å². The predicted molar refractivity (Wildman–Crippen MR) is 95.1 cm³/mol. The van der Waals surface area contributed by atoms with Crippen LogP contribution >= 0.6 is 0 Å². The number of hydrogen-bond acceptors (Lipinski definition) is 3. The molecule has 24 heavy (non-hydrogen) atoms. The number of urea groups is 1. The SMILES string of the molecule is CN(C)c1ccc(NC(=O)Nc2ccnc3c(F)cccc23)cc1. The molecule has 0 fully saturated rings. The van der Waals surface area contributed by atoms with Gasteiger partial charge in [0.1, 0.15) is 11.3 Å². The van der Waals surface area contributed by atoms with Gasteiger partial charge < -0.3 is 15.5 Å². The van der Waals surface area contributed by atoms with Crippen LogP contribution in [0.4, 0.5) is 26.2 Å². The first kappa shape index (κ1) is 15.7. The number of benzene rings is 2. The molecule has 0 aliphatic rings. The minimum Gasteiger partial charge on any atom is -0.378 e. The molecular formula is C18H17FN4O. The number of nitrogens with one attached hydrogen (secondary N) is 2. The molecule has 5 nitrogen and oxygen atoms in total. The average Bonchev–Trinajstić information content (AvgIpc) is 2.56. The molecule has 0 saturated heterocycles. The van der Waals surface area contributed by atoms with E-state index >= 15 is 0 Å². The van der Waals surface area contributed by atoms with E-state index in [1.165, 1.54) is 12.3 Å². The van der Waals surface area contributed by atoms with Crippen LogP contribution in [0.15, 0.2) is 54.7 Å². The van der Waals surface area contributed by atoms with Gasteiger partial charge in [-0.25, -0.2) is 9.18 Å². The van der Waals surface area contributed by atoms with E-state index in [0.717, 1.165) is 5.69 Å². The van der Waals surface area contributed by atoms with Crippen molar-refractivity contribution in [1.82, 2.24) is 4.98 Å². The van der Waals surface area contributed by atoms with Crippen LogP contribution in [-0.2, 0) is 0 Å². The van der Waals surface area contributed by atoms with E-state index in [4.69, 9.17) is 0 Å². The number of rotatable bonds is 3. The number of halogens is 1. The molecule has 2 amide bonds. The van der Waals surface area contributed by atoms with E-state index in [0.29, 0.717) is 16.8 Å². The second kappa shape index (κ2) is 6.54. The van der Waals surface area contributed by atoms with Gasteiger partial charge in [-0.3, -0.25) is 4.98 Å². The molecule has 0 aliphatic carbocycles. The van der Waals surface area contributed by atoms with Crippen molar-refractivity contribution in [2.24, 2.45) is 0 Å². The molecule has 1 aromatic heterocycles. The van der Waals surface area contributed by atoms with Crippen LogP contribution in [0.1, 0.15) is 0 Å². The number of carbonyl (C=O) groups excluding carboxylic acids is 1. The summed E-state index contributed by atoms with van der Waals surface area (Å²) in [5, 5.41) is 6.04. The lowest BCUT2D eigenvalue weighted by Crippen LogP contribution is -2.19. The molecule has 0 radical (unpaired) electrons. The van der Waals surface area contributed by atoms with Crippen molar-refractivity contribution in [3.63, 3.8) is 0 Å². The molecule has 1 heterocycles. The maximum atomic E-state index is 13.8. The Balaban J connectivity index is 1.77. The summed E-state index contributed by atoms with van der Waals surface area (Å²) in [5.41, 5.74) is 2.44. The smallest absolute Gasteiger partial charge is 0.323 e. The molecule has 0 unspecified atom stereocenters. The Morgan fingerprint density at radius 3 is 2.50 bits per heavy atom. The van der Waals surface area contributed by atoms with Gasteiger partial charge in [-0.05, 0) is 36.4 Å². The number of fused-ring (bicyclic) bond motifs is 1. The summed E-state index contributed by atoms with van der Waals surface area (Å²) in [6.45, 7) is 0. The second-order valence-corrected chi connectivity index (χ2v) is 5.51. The Morgan fingerprint density at radius 1 is 1.04 bits per heavy atom. The lowest BCUT2D eigenvalue weighted by atomic mass is 10.2. The molecule has 122 valence electrons. The molecule has 0 bridgehead atoms. The number of anilines is 3. The van der Waals surface area contributed by atoms with Crippen molar-refractivity contribution in [2.45, 2.75) is 0 Å². The van der Waals surface area contributed by atoms with Gasteiger partial charge in [-0.15, -0.1) is 0 Å². The van der Waals surface area contributed by atoms with Gasteiger partial charge in [0.25, 0.3) is 0 Å². The third-order valence-corrected chi connectivity index (χ3v) is 3.61. The Kier molecular flexibility index (Phi) is 4.29. The van der Waals surface area contributed by atoms with Gasteiger partial charge in [0.15, 0.2) is 0 Å². The van der Waals surface area contributed by atoms with Crippen LogP contribution in [0.2, 0.25) is 0 Å². The number of nitrogens with zero attached hydrogens (tertiary/aromatic N) is 2. The molecular weight excluding hydrogens is 307 g/mol. The third kappa shape index (κ3) is 3.27.